The molecule has 6 heteroatoms. The topological polar surface area (TPSA) is 84.5 Å². The molecule has 1 heterocycles. The van der Waals surface area contributed by atoms with E-state index in [1.807, 2.05) is 0 Å². The molecular weight excluding hydrogens is 210 g/mol. The van der Waals surface area contributed by atoms with Gasteiger partial charge in [0.1, 0.15) is 6.33 Å². The molecule has 0 spiro atoms. The van der Waals surface area contributed by atoms with Crippen molar-refractivity contribution in [3.05, 3.63) is 18.7 Å². The van der Waals surface area contributed by atoms with Gasteiger partial charge in [-0.1, -0.05) is 0 Å². The molecule has 0 aliphatic rings. The van der Waals surface area contributed by atoms with Gasteiger partial charge >= 0.3 is 0 Å². The van der Waals surface area contributed by atoms with Crippen molar-refractivity contribution in [3.8, 4) is 0 Å². The maximum absolute atomic E-state index is 11.4. The van der Waals surface area contributed by atoms with Crippen LogP contribution in [0.2, 0.25) is 0 Å². The molecule has 6 nitrogen and oxygen atoms in total. The molecule has 0 aliphatic heterocycles. The van der Waals surface area contributed by atoms with E-state index in [2.05, 4.69) is 9.98 Å². The van der Waals surface area contributed by atoms with Crippen LogP contribution in [-0.2, 0) is 4.79 Å². The van der Waals surface area contributed by atoms with Crippen LogP contribution in [0.1, 0.15) is 17.6 Å². The van der Waals surface area contributed by atoms with Crippen molar-refractivity contribution in [2.75, 3.05) is 13.2 Å². The Morgan fingerprint density at radius 1 is 1.50 bits per heavy atom. The van der Waals surface area contributed by atoms with Crippen molar-refractivity contribution >= 4 is 17.9 Å². The van der Waals surface area contributed by atoms with Crippen LogP contribution < -0.4 is 0 Å². The number of imidazole rings is 1. The maximum Gasteiger partial charge on any atom is 0.237 e. The highest BCUT2D eigenvalue weighted by Gasteiger charge is 2.01. The molecular formula is C10H13N3O3. The standard InChI is InChI=1S/C10H13N3O3/c14-6-2-9(15)7-11-3-1-10(16)13-5-4-12-8-13/h3-5,8,14H,1-2,6-7H2. The summed E-state index contributed by atoms with van der Waals surface area (Å²) in [6, 6.07) is 0. The highest BCUT2D eigenvalue weighted by molar-refractivity contribution is 5.92. The number of hydrogen-bond acceptors (Lipinski definition) is 5. The van der Waals surface area contributed by atoms with E-state index < -0.39 is 0 Å². The van der Waals surface area contributed by atoms with Gasteiger partial charge in [-0.2, -0.15) is 0 Å². The number of aliphatic hydroxyl groups excluding tert-OH is 1. The lowest BCUT2D eigenvalue weighted by atomic mass is 10.3. The van der Waals surface area contributed by atoms with Crippen LogP contribution in [0.5, 0.6) is 0 Å². The van der Waals surface area contributed by atoms with Gasteiger partial charge in [0.05, 0.1) is 19.6 Å². The fourth-order valence-electron chi connectivity index (χ4n) is 1.02. The van der Waals surface area contributed by atoms with Gasteiger partial charge in [-0.3, -0.25) is 19.1 Å². The summed E-state index contributed by atoms with van der Waals surface area (Å²) in [5.74, 6) is -0.301. The lowest BCUT2D eigenvalue weighted by Crippen LogP contribution is -2.09. The quantitative estimate of drug-likeness (QED) is 0.684. The zero-order valence-corrected chi connectivity index (χ0v) is 8.74. The summed E-state index contributed by atoms with van der Waals surface area (Å²) in [6.07, 6.45) is 6.10. The van der Waals surface area contributed by atoms with Gasteiger partial charge in [0, 0.05) is 25.0 Å². The SMILES string of the molecule is O=C(CCO)CN=CCC(=O)n1ccnc1. The third kappa shape index (κ3) is 4.14. The number of hydrogen-bond donors (Lipinski definition) is 1. The van der Waals surface area contributed by atoms with E-state index in [0.717, 1.165) is 0 Å². The Bertz CT molecular complexity index is 371. The fourth-order valence-corrected chi connectivity index (χ4v) is 1.02. The first-order valence-electron chi connectivity index (χ1n) is 4.86. The molecule has 0 fully saturated rings. The number of aliphatic imine (C=N–C) groups is 1. The summed E-state index contributed by atoms with van der Waals surface area (Å²) >= 11 is 0. The molecule has 0 radical (unpaired) electrons. The van der Waals surface area contributed by atoms with Gasteiger partial charge in [-0.05, 0) is 0 Å². The van der Waals surface area contributed by atoms with E-state index in [9.17, 15) is 9.59 Å². The summed E-state index contributed by atoms with van der Waals surface area (Å²) in [5.41, 5.74) is 0. The number of ketones is 1. The lowest BCUT2D eigenvalue weighted by molar-refractivity contribution is -0.118. The highest BCUT2D eigenvalue weighted by Crippen LogP contribution is 1.90. The molecule has 1 rings (SSSR count). The highest BCUT2D eigenvalue weighted by atomic mass is 16.3. The normalized spacial score (nSPS) is 10.8. The second-order valence-electron chi connectivity index (χ2n) is 3.10. The van der Waals surface area contributed by atoms with Crippen molar-refractivity contribution in [1.29, 1.82) is 0 Å². The van der Waals surface area contributed by atoms with Gasteiger partial charge in [-0.15, -0.1) is 0 Å². The molecule has 0 amide bonds. The Balaban J connectivity index is 2.27. The van der Waals surface area contributed by atoms with E-state index in [1.54, 1.807) is 6.20 Å². The number of nitrogens with zero attached hydrogens (tertiary/aromatic N) is 3. The molecule has 0 unspecified atom stereocenters. The van der Waals surface area contributed by atoms with Crippen LogP contribution in [-0.4, -0.2) is 45.7 Å². The predicted octanol–water partition coefficient (Wildman–Crippen LogP) is -0.0643. The van der Waals surface area contributed by atoms with Crippen molar-refractivity contribution in [2.45, 2.75) is 12.8 Å². The van der Waals surface area contributed by atoms with Crippen LogP contribution in [0, 0.1) is 0 Å². The zero-order chi connectivity index (χ0) is 11.8. The maximum atomic E-state index is 11.4. The van der Waals surface area contributed by atoms with Crippen molar-refractivity contribution in [3.63, 3.8) is 0 Å². The first-order chi connectivity index (χ1) is 7.74. The Morgan fingerprint density at radius 2 is 2.31 bits per heavy atom. The minimum atomic E-state index is -0.164. The van der Waals surface area contributed by atoms with Crippen LogP contribution in [0.4, 0.5) is 0 Å². The van der Waals surface area contributed by atoms with Crippen LogP contribution in [0.25, 0.3) is 0 Å². The van der Waals surface area contributed by atoms with E-state index in [0.29, 0.717) is 0 Å². The molecule has 86 valence electrons. The molecule has 0 bridgehead atoms. The molecule has 1 aromatic rings. The first-order valence-corrected chi connectivity index (χ1v) is 4.86. The molecule has 0 saturated carbocycles. The number of rotatable bonds is 6. The largest absolute Gasteiger partial charge is 0.396 e. The average molecular weight is 223 g/mol. The minimum absolute atomic E-state index is 0.0117. The van der Waals surface area contributed by atoms with Gasteiger partial charge in [0.2, 0.25) is 5.91 Å². The average Bonchev–Trinajstić information content (AvgIpc) is 2.78. The van der Waals surface area contributed by atoms with Gasteiger partial charge in [0.15, 0.2) is 5.78 Å². The number of carbonyl (C=O) groups excluding carboxylic acids is 2. The van der Waals surface area contributed by atoms with E-state index in [4.69, 9.17) is 5.11 Å². The van der Waals surface area contributed by atoms with Crippen molar-refractivity contribution in [2.24, 2.45) is 4.99 Å². The van der Waals surface area contributed by atoms with Crippen molar-refractivity contribution < 1.29 is 14.7 Å². The predicted molar refractivity (Wildman–Crippen MR) is 57.5 cm³/mol. The van der Waals surface area contributed by atoms with Crippen molar-refractivity contribution in [1.82, 2.24) is 9.55 Å². The monoisotopic (exact) mass is 223 g/mol. The minimum Gasteiger partial charge on any atom is -0.396 e. The van der Waals surface area contributed by atoms with Crippen LogP contribution in [0.3, 0.4) is 0 Å². The van der Waals surface area contributed by atoms with Gasteiger partial charge in [0.25, 0.3) is 0 Å². The Kier molecular flexibility index (Phi) is 5.07. The number of Topliss-reactive ketones (excluding diaryl/α,β-unsaturated/α-hetero) is 1. The summed E-state index contributed by atoms with van der Waals surface area (Å²) < 4.78 is 1.35. The lowest BCUT2D eigenvalue weighted by Gasteiger charge is -1.95. The third-order valence-electron chi connectivity index (χ3n) is 1.85. The molecule has 1 aromatic heterocycles. The first kappa shape index (κ1) is 12.3. The van der Waals surface area contributed by atoms with E-state index >= 15 is 0 Å². The summed E-state index contributed by atoms with van der Waals surface area (Å²) in [7, 11) is 0. The van der Waals surface area contributed by atoms with Crippen LogP contribution >= 0.6 is 0 Å². The fraction of sp³-hybridized carbons (Fsp3) is 0.400. The van der Waals surface area contributed by atoms with Gasteiger partial charge in [-0.25, -0.2) is 4.98 Å². The Hall–Kier alpha value is -1.82. The number of aliphatic hydroxyl groups is 1. The molecule has 0 saturated heterocycles. The summed E-state index contributed by atoms with van der Waals surface area (Å²) in [6.45, 7) is -0.153. The second kappa shape index (κ2) is 6.62. The van der Waals surface area contributed by atoms with E-state index in [-0.39, 0.29) is 37.7 Å². The third-order valence-corrected chi connectivity index (χ3v) is 1.85. The molecule has 0 atom stereocenters. The molecule has 0 aromatic carbocycles. The summed E-state index contributed by atoms with van der Waals surface area (Å²) in [5, 5.41) is 8.47. The van der Waals surface area contributed by atoms with Crippen LogP contribution in [0.15, 0.2) is 23.7 Å². The molecule has 1 N–H and O–H groups in total. The Morgan fingerprint density at radius 3 is 2.94 bits per heavy atom. The Labute approximate surface area is 92.6 Å². The molecule has 16 heavy (non-hydrogen) atoms. The smallest absolute Gasteiger partial charge is 0.237 e. The number of aromatic nitrogens is 2. The van der Waals surface area contributed by atoms with E-state index in [1.165, 1.54) is 23.3 Å². The summed E-state index contributed by atoms with van der Waals surface area (Å²) in [4.78, 5) is 29.9. The number of carbonyl (C=O) groups is 2. The molecule has 0 aliphatic carbocycles. The second-order valence-corrected chi connectivity index (χ2v) is 3.10. The zero-order valence-electron chi connectivity index (χ0n) is 8.74. The van der Waals surface area contributed by atoms with Gasteiger partial charge < -0.3 is 5.11 Å².